The Morgan fingerprint density at radius 1 is 1.00 bits per heavy atom. The fourth-order valence-corrected chi connectivity index (χ4v) is 4.34. The molecule has 2 heterocycles. The highest BCUT2D eigenvalue weighted by atomic mass is 28.4. The van der Waals surface area contributed by atoms with Crippen molar-refractivity contribution in [2.45, 2.75) is 52.4 Å². The van der Waals surface area contributed by atoms with Crippen LogP contribution in [0.5, 0.6) is 0 Å². The summed E-state index contributed by atoms with van der Waals surface area (Å²) in [6, 6.07) is 9.76. The molecule has 29 heavy (non-hydrogen) atoms. The molecule has 0 amide bonds. The molecular weight excluding hydrogens is 381 g/mol. The molecule has 4 nitrogen and oxygen atoms in total. The lowest BCUT2D eigenvalue weighted by Gasteiger charge is -2.38. The van der Waals surface area contributed by atoms with Crippen molar-refractivity contribution < 1.29 is 8.82 Å². The fraction of sp³-hybridized carbons (Fsp3) is 0.522. The van der Waals surface area contributed by atoms with E-state index in [0.717, 1.165) is 31.9 Å². The third-order valence-electron chi connectivity index (χ3n) is 6.39. The molecule has 2 aromatic rings. The Labute approximate surface area is 175 Å². The summed E-state index contributed by atoms with van der Waals surface area (Å²) in [5, 5.41) is 0.113. The van der Waals surface area contributed by atoms with Gasteiger partial charge in [-0.2, -0.15) is 0 Å². The van der Waals surface area contributed by atoms with E-state index in [2.05, 4.69) is 54.7 Å². The molecule has 0 N–H and O–H groups in total. The van der Waals surface area contributed by atoms with Gasteiger partial charge < -0.3 is 14.2 Å². The molecule has 1 aromatic carbocycles. The van der Waals surface area contributed by atoms with Crippen LogP contribution in [0.2, 0.25) is 18.1 Å². The normalized spacial score (nSPS) is 15.7. The Balaban J connectivity index is 1.68. The summed E-state index contributed by atoms with van der Waals surface area (Å²) in [6.07, 6.45) is 1.82. The number of pyridine rings is 1. The number of hydrogen-bond donors (Lipinski definition) is 0. The molecule has 0 radical (unpaired) electrons. The van der Waals surface area contributed by atoms with Crippen LogP contribution in [0.25, 0.3) is 0 Å². The highest BCUT2D eigenvalue weighted by Gasteiger charge is 2.37. The van der Waals surface area contributed by atoms with Crippen molar-refractivity contribution in [3.05, 3.63) is 53.6 Å². The molecule has 0 unspecified atom stereocenters. The van der Waals surface area contributed by atoms with E-state index in [1.807, 2.05) is 37.4 Å². The van der Waals surface area contributed by atoms with E-state index in [1.54, 1.807) is 0 Å². The number of benzene rings is 1. The minimum Gasteiger partial charge on any atom is -0.412 e. The average Bonchev–Trinajstić information content (AvgIpc) is 2.67. The maximum Gasteiger partial charge on any atom is 0.192 e. The first-order valence-electron chi connectivity index (χ1n) is 10.4. The molecule has 0 spiro atoms. The summed E-state index contributed by atoms with van der Waals surface area (Å²) in [5.41, 5.74) is 3.54. The van der Waals surface area contributed by atoms with Gasteiger partial charge in [0.15, 0.2) is 14.1 Å². The van der Waals surface area contributed by atoms with Crippen LogP contribution in [0, 0.1) is 12.7 Å². The van der Waals surface area contributed by atoms with E-state index >= 15 is 4.39 Å². The van der Waals surface area contributed by atoms with Gasteiger partial charge in [-0.15, -0.1) is 0 Å². The van der Waals surface area contributed by atoms with E-state index in [1.165, 1.54) is 5.69 Å². The predicted molar refractivity (Wildman–Crippen MR) is 122 cm³/mol. The predicted octanol–water partition coefficient (Wildman–Crippen LogP) is 5.38. The number of hydrogen-bond acceptors (Lipinski definition) is 4. The number of piperazine rings is 1. The standard InChI is InChI=1S/C23H34FN3OSi/c1-18-20(11-8-12-25-18)26-13-15-27(16-14-26)21-10-7-9-19(22(21)24)17-28-29(5,6)23(2,3)4/h7-12H,13-17H2,1-6H3. The van der Waals surface area contributed by atoms with Crippen molar-refractivity contribution in [3.8, 4) is 0 Å². The summed E-state index contributed by atoms with van der Waals surface area (Å²) < 4.78 is 21.5. The smallest absolute Gasteiger partial charge is 0.192 e. The van der Waals surface area contributed by atoms with Crippen molar-refractivity contribution in [2.75, 3.05) is 36.0 Å². The Hall–Kier alpha value is -1.92. The number of aryl methyl sites for hydroxylation is 1. The van der Waals surface area contributed by atoms with E-state index in [0.29, 0.717) is 17.9 Å². The van der Waals surface area contributed by atoms with Gasteiger partial charge in [0.25, 0.3) is 0 Å². The van der Waals surface area contributed by atoms with Crippen LogP contribution in [0.4, 0.5) is 15.8 Å². The monoisotopic (exact) mass is 415 g/mol. The lowest BCUT2D eigenvalue weighted by molar-refractivity contribution is 0.271. The second kappa shape index (κ2) is 8.44. The minimum absolute atomic E-state index is 0.113. The van der Waals surface area contributed by atoms with Crippen molar-refractivity contribution in [1.29, 1.82) is 0 Å². The topological polar surface area (TPSA) is 28.6 Å². The maximum absolute atomic E-state index is 15.3. The molecule has 1 aliphatic heterocycles. The molecule has 1 fully saturated rings. The molecule has 0 saturated carbocycles. The van der Waals surface area contributed by atoms with Gasteiger partial charge in [-0.3, -0.25) is 4.98 Å². The van der Waals surface area contributed by atoms with Crippen molar-refractivity contribution in [2.24, 2.45) is 0 Å². The molecular formula is C23H34FN3OSi. The third kappa shape index (κ3) is 4.81. The second-order valence-electron chi connectivity index (χ2n) is 9.38. The van der Waals surface area contributed by atoms with E-state index in [-0.39, 0.29) is 10.9 Å². The number of rotatable bonds is 5. The third-order valence-corrected chi connectivity index (χ3v) is 10.9. The molecule has 1 saturated heterocycles. The van der Waals surface area contributed by atoms with Gasteiger partial charge in [-0.1, -0.05) is 32.9 Å². The first kappa shape index (κ1) is 21.8. The van der Waals surface area contributed by atoms with Gasteiger partial charge in [0, 0.05) is 37.9 Å². The molecule has 6 heteroatoms. The van der Waals surface area contributed by atoms with Crippen LogP contribution in [-0.4, -0.2) is 39.5 Å². The van der Waals surface area contributed by atoms with Crippen molar-refractivity contribution >= 4 is 19.7 Å². The van der Waals surface area contributed by atoms with Crippen LogP contribution >= 0.6 is 0 Å². The zero-order chi connectivity index (χ0) is 21.2. The van der Waals surface area contributed by atoms with Crippen molar-refractivity contribution in [1.82, 2.24) is 4.98 Å². The lowest BCUT2D eigenvalue weighted by atomic mass is 10.1. The first-order valence-corrected chi connectivity index (χ1v) is 13.3. The van der Waals surface area contributed by atoms with Crippen LogP contribution in [0.3, 0.4) is 0 Å². The van der Waals surface area contributed by atoms with Crippen LogP contribution in [0.1, 0.15) is 32.0 Å². The minimum atomic E-state index is -1.91. The summed E-state index contributed by atoms with van der Waals surface area (Å²) in [4.78, 5) is 8.87. The van der Waals surface area contributed by atoms with Gasteiger partial charge in [0.2, 0.25) is 0 Å². The quantitative estimate of drug-likeness (QED) is 0.613. The highest BCUT2D eigenvalue weighted by Crippen LogP contribution is 2.37. The number of halogens is 1. The number of nitrogens with zero attached hydrogens (tertiary/aromatic N) is 3. The van der Waals surface area contributed by atoms with E-state index in [9.17, 15) is 0 Å². The maximum atomic E-state index is 15.3. The largest absolute Gasteiger partial charge is 0.412 e. The van der Waals surface area contributed by atoms with E-state index in [4.69, 9.17) is 4.43 Å². The van der Waals surface area contributed by atoms with Gasteiger partial charge in [0.1, 0.15) is 0 Å². The molecule has 0 bridgehead atoms. The molecule has 0 atom stereocenters. The second-order valence-corrected chi connectivity index (χ2v) is 14.2. The highest BCUT2D eigenvalue weighted by molar-refractivity contribution is 6.74. The number of aromatic nitrogens is 1. The van der Waals surface area contributed by atoms with Gasteiger partial charge in [-0.05, 0) is 43.3 Å². The lowest BCUT2D eigenvalue weighted by Crippen LogP contribution is -2.47. The molecule has 1 aromatic heterocycles. The van der Waals surface area contributed by atoms with Gasteiger partial charge in [-0.25, -0.2) is 4.39 Å². The zero-order valence-corrected chi connectivity index (χ0v) is 19.6. The average molecular weight is 416 g/mol. The van der Waals surface area contributed by atoms with Gasteiger partial charge in [0.05, 0.1) is 23.7 Å². The summed E-state index contributed by atoms with van der Waals surface area (Å²) in [5.74, 6) is -0.141. The van der Waals surface area contributed by atoms with Gasteiger partial charge >= 0.3 is 0 Å². The van der Waals surface area contributed by atoms with Crippen LogP contribution < -0.4 is 9.80 Å². The molecule has 1 aliphatic rings. The van der Waals surface area contributed by atoms with Crippen LogP contribution in [0.15, 0.2) is 36.5 Å². The van der Waals surface area contributed by atoms with E-state index < -0.39 is 8.32 Å². The fourth-order valence-electron chi connectivity index (χ4n) is 3.39. The van der Waals surface area contributed by atoms with Crippen LogP contribution in [-0.2, 0) is 11.0 Å². The molecule has 158 valence electrons. The number of anilines is 2. The molecule has 0 aliphatic carbocycles. The first-order chi connectivity index (χ1) is 13.6. The zero-order valence-electron chi connectivity index (χ0n) is 18.6. The Kier molecular flexibility index (Phi) is 6.34. The molecule has 3 rings (SSSR count). The summed E-state index contributed by atoms with van der Waals surface area (Å²) >= 11 is 0. The Bertz CT molecular complexity index is 842. The van der Waals surface area contributed by atoms with Crippen molar-refractivity contribution in [3.63, 3.8) is 0 Å². The summed E-state index contributed by atoms with van der Waals surface area (Å²) in [6.45, 7) is 16.7. The Morgan fingerprint density at radius 3 is 2.17 bits per heavy atom. The SMILES string of the molecule is Cc1ncccc1N1CCN(c2cccc(CO[Si](C)(C)C(C)(C)C)c2F)CC1. The summed E-state index contributed by atoms with van der Waals surface area (Å²) in [7, 11) is -1.91. The Morgan fingerprint density at radius 2 is 1.59 bits per heavy atom.